The van der Waals surface area contributed by atoms with Crippen molar-refractivity contribution in [2.75, 3.05) is 12.3 Å². The van der Waals surface area contributed by atoms with Gasteiger partial charge in [0.25, 0.3) is 0 Å². The molecule has 1 saturated heterocycles. The van der Waals surface area contributed by atoms with Crippen molar-refractivity contribution in [1.82, 2.24) is 5.32 Å². The van der Waals surface area contributed by atoms with Crippen molar-refractivity contribution in [3.63, 3.8) is 0 Å². The first-order valence-electron chi connectivity index (χ1n) is 5.15. The first-order chi connectivity index (χ1) is 7.18. The van der Waals surface area contributed by atoms with Crippen molar-refractivity contribution < 1.29 is 9.50 Å². The molecule has 0 amide bonds. The second-order valence-corrected chi connectivity index (χ2v) is 3.92. The Labute approximate surface area is 88.1 Å². The maximum absolute atomic E-state index is 12.8. The van der Waals surface area contributed by atoms with Gasteiger partial charge in [-0.05, 0) is 31.5 Å². The highest BCUT2D eigenvalue weighted by atomic mass is 19.1. The van der Waals surface area contributed by atoms with Crippen LogP contribution in [0, 0.1) is 5.82 Å². The Morgan fingerprint density at radius 2 is 2.33 bits per heavy atom. The summed E-state index contributed by atoms with van der Waals surface area (Å²) in [4.78, 5) is 0. The molecule has 82 valence electrons. The minimum absolute atomic E-state index is 0.0396. The van der Waals surface area contributed by atoms with Gasteiger partial charge in [0, 0.05) is 17.3 Å². The highest BCUT2D eigenvalue weighted by Crippen LogP contribution is 2.27. The van der Waals surface area contributed by atoms with Crippen LogP contribution < -0.4 is 11.1 Å². The van der Waals surface area contributed by atoms with Crippen molar-refractivity contribution in [1.29, 1.82) is 0 Å². The lowest BCUT2D eigenvalue weighted by Gasteiger charge is -2.20. The van der Waals surface area contributed by atoms with E-state index in [4.69, 9.17) is 5.73 Å². The van der Waals surface area contributed by atoms with Crippen LogP contribution in [0.4, 0.5) is 10.1 Å². The molecular weight excluding hydrogens is 195 g/mol. The highest BCUT2D eigenvalue weighted by molar-refractivity contribution is 5.48. The molecule has 2 unspecified atom stereocenters. The van der Waals surface area contributed by atoms with Gasteiger partial charge in [-0.1, -0.05) is 6.07 Å². The summed E-state index contributed by atoms with van der Waals surface area (Å²) < 4.78 is 12.8. The topological polar surface area (TPSA) is 58.3 Å². The van der Waals surface area contributed by atoms with E-state index in [1.807, 2.05) is 0 Å². The molecule has 0 aliphatic carbocycles. The lowest BCUT2D eigenvalue weighted by Crippen LogP contribution is -2.29. The van der Waals surface area contributed by atoms with Crippen LogP contribution in [-0.2, 0) is 0 Å². The molecule has 4 N–H and O–H groups in total. The van der Waals surface area contributed by atoms with E-state index in [1.165, 1.54) is 12.1 Å². The smallest absolute Gasteiger partial charge is 0.125 e. The van der Waals surface area contributed by atoms with Gasteiger partial charge in [-0.3, -0.25) is 0 Å². The summed E-state index contributed by atoms with van der Waals surface area (Å²) in [7, 11) is 0. The summed E-state index contributed by atoms with van der Waals surface area (Å²) in [5.41, 5.74) is 6.59. The first kappa shape index (κ1) is 10.4. The monoisotopic (exact) mass is 210 g/mol. The van der Waals surface area contributed by atoms with Gasteiger partial charge < -0.3 is 16.2 Å². The van der Waals surface area contributed by atoms with E-state index in [0.29, 0.717) is 11.3 Å². The minimum Gasteiger partial charge on any atom is -0.398 e. The van der Waals surface area contributed by atoms with Crippen LogP contribution in [0.2, 0.25) is 0 Å². The number of halogens is 1. The predicted octanol–water partition coefficient (Wildman–Crippen LogP) is 1.19. The van der Waals surface area contributed by atoms with E-state index in [-0.39, 0.29) is 11.9 Å². The number of aliphatic hydroxyl groups is 1. The molecule has 2 atom stereocenters. The zero-order chi connectivity index (χ0) is 10.8. The van der Waals surface area contributed by atoms with Crippen LogP contribution >= 0.6 is 0 Å². The summed E-state index contributed by atoms with van der Waals surface area (Å²) in [5, 5.41) is 13.2. The molecule has 3 nitrogen and oxygen atoms in total. The maximum Gasteiger partial charge on any atom is 0.125 e. The highest BCUT2D eigenvalue weighted by Gasteiger charge is 2.25. The molecule has 1 aromatic rings. The van der Waals surface area contributed by atoms with Gasteiger partial charge in [0.2, 0.25) is 0 Å². The molecule has 0 spiro atoms. The van der Waals surface area contributed by atoms with Crippen molar-refractivity contribution >= 4 is 5.69 Å². The molecule has 0 radical (unpaired) electrons. The predicted molar refractivity (Wildman–Crippen MR) is 56.8 cm³/mol. The molecule has 0 aromatic heterocycles. The number of hydrogen-bond donors (Lipinski definition) is 3. The van der Waals surface area contributed by atoms with Gasteiger partial charge in [0.15, 0.2) is 0 Å². The normalized spacial score (nSPS) is 22.9. The summed E-state index contributed by atoms with van der Waals surface area (Å²) >= 11 is 0. The van der Waals surface area contributed by atoms with E-state index in [1.54, 1.807) is 6.07 Å². The maximum atomic E-state index is 12.8. The third-order valence-corrected chi connectivity index (χ3v) is 2.85. The van der Waals surface area contributed by atoms with E-state index >= 15 is 0 Å². The van der Waals surface area contributed by atoms with Crippen LogP contribution in [0.5, 0.6) is 0 Å². The SMILES string of the molecule is Nc1cc(F)ccc1C(O)C1CCCN1. The molecule has 4 heteroatoms. The summed E-state index contributed by atoms with van der Waals surface area (Å²) in [6, 6.07) is 4.16. The largest absolute Gasteiger partial charge is 0.398 e. The Hall–Kier alpha value is -1.13. The van der Waals surface area contributed by atoms with Crippen LogP contribution in [-0.4, -0.2) is 17.7 Å². The fourth-order valence-corrected chi connectivity index (χ4v) is 2.01. The van der Waals surface area contributed by atoms with E-state index in [9.17, 15) is 9.50 Å². The molecule has 1 aliphatic rings. The number of rotatable bonds is 2. The summed E-state index contributed by atoms with van der Waals surface area (Å²) in [6.07, 6.45) is 1.34. The molecular formula is C11H15FN2O. The van der Waals surface area contributed by atoms with Crippen LogP contribution in [0.3, 0.4) is 0 Å². The number of nitrogens with one attached hydrogen (secondary N) is 1. The standard InChI is InChI=1S/C11H15FN2O/c12-7-3-4-8(9(13)6-7)11(15)10-2-1-5-14-10/h3-4,6,10-11,14-15H,1-2,5,13H2. The van der Waals surface area contributed by atoms with Gasteiger partial charge in [-0.25, -0.2) is 4.39 Å². The Morgan fingerprint density at radius 1 is 1.53 bits per heavy atom. The molecule has 15 heavy (non-hydrogen) atoms. The number of hydrogen-bond acceptors (Lipinski definition) is 3. The van der Waals surface area contributed by atoms with E-state index in [0.717, 1.165) is 19.4 Å². The van der Waals surface area contributed by atoms with Crippen molar-refractivity contribution in [3.05, 3.63) is 29.6 Å². The second-order valence-electron chi connectivity index (χ2n) is 3.92. The first-order valence-corrected chi connectivity index (χ1v) is 5.15. The minimum atomic E-state index is -0.645. The summed E-state index contributed by atoms with van der Waals surface area (Å²) in [5.74, 6) is -0.372. The quantitative estimate of drug-likeness (QED) is 0.643. The molecule has 1 aliphatic heterocycles. The van der Waals surface area contributed by atoms with Gasteiger partial charge in [-0.2, -0.15) is 0 Å². The third-order valence-electron chi connectivity index (χ3n) is 2.85. The van der Waals surface area contributed by atoms with Crippen molar-refractivity contribution in [2.24, 2.45) is 0 Å². The van der Waals surface area contributed by atoms with Crippen LogP contribution in [0.25, 0.3) is 0 Å². The zero-order valence-electron chi connectivity index (χ0n) is 8.41. The number of anilines is 1. The zero-order valence-corrected chi connectivity index (χ0v) is 8.41. The van der Waals surface area contributed by atoms with Gasteiger partial charge in [0.1, 0.15) is 5.82 Å². The Morgan fingerprint density at radius 3 is 2.93 bits per heavy atom. The molecule has 0 bridgehead atoms. The number of nitrogen functional groups attached to an aromatic ring is 1. The fraction of sp³-hybridized carbons (Fsp3) is 0.455. The average Bonchev–Trinajstić information content (AvgIpc) is 2.69. The summed E-state index contributed by atoms with van der Waals surface area (Å²) in [6.45, 7) is 0.919. The van der Waals surface area contributed by atoms with Crippen molar-refractivity contribution in [3.8, 4) is 0 Å². The second kappa shape index (κ2) is 4.16. The Kier molecular flexibility index (Phi) is 2.88. The van der Waals surface area contributed by atoms with E-state index < -0.39 is 6.10 Å². The Bertz CT molecular complexity index is 350. The number of aliphatic hydroxyl groups excluding tert-OH is 1. The van der Waals surface area contributed by atoms with E-state index in [2.05, 4.69) is 5.32 Å². The van der Waals surface area contributed by atoms with Gasteiger partial charge in [0.05, 0.1) is 6.10 Å². The van der Waals surface area contributed by atoms with Crippen molar-refractivity contribution in [2.45, 2.75) is 25.0 Å². The van der Waals surface area contributed by atoms with Gasteiger partial charge in [-0.15, -0.1) is 0 Å². The van der Waals surface area contributed by atoms with Crippen LogP contribution in [0.1, 0.15) is 24.5 Å². The fourth-order valence-electron chi connectivity index (χ4n) is 2.01. The van der Waals surface area contributed by atoms with Crippen LogP contribution in [0.15, 0.2) is 18.2 Å². The third kappa shape index (κ3) is 2.11. The molecule has 2 rings (SSSR count). The average molecular weight is 210 g/mol. The molecule has 0 saturated carbocycles. The lowest BCUT2D eigenvalue weighted by molar-refractivity contribution is 0.138. The molecule has 1 aromatic carbocycles. The van der Waals surface area contributed by atoms with Gasteiger partial charge >= 0.3 is 0 Å². The number of nitrogens with two attached hydrogens (primary N) is 1. The Balaban J connectivity index is 2.20. The number of benzene rings is 1. The molecule has 1 heterocycles. The molecule has 1 fully saturated rings. The lowest BCUT2D eigenvalue weighted by atomic mass is 9.99.